The van der Waals surface area contributed by atoms with E-state index in [1.165, 1.54) is 20.3 Å². The van der Waals surface area contributed by atoms with Gasteiger partial charge in [0.05, 0.1) is 18.0 Å². The second kappa shape index (κ2) is 7.22. The molecule has 0 bridgehead atoms. The molecule has 2 saturated heterocycles. The van der Waals surface area contributed by atoms with Crippen molar-refractivity contribution in [2.24, 2.45) is 0 Å². The minimum Gasteiger partial charge on any atom is -0.349 e. The molecule has 0 saturated carbocycles. The molecule has 0 radical (unpaired) electrons. The van der Waals surface area contributed by atoms with Crippen molar-refractivity contribution in [2.75, 3.05) is 29.4 Å². The minimum absolute atomic E-state index is 0.139. The molecule has 2 atom stereocenters. The van der Waals surface area contributed by atoms with Gasteiger partial charge in [-0.25, -0.2) is 13.8 Å². The standard InChI is InChI=1S/C20H19F4N6P/c21-19(22)6-10-29(11-19)18-27-16-13(4-2-8-26-16)17(28-18)30-9-5-14(30)12-3-1-7-25-15(12)20(23,24)31/h1-4,7-8,14H,5-6,9-11,31H2. The summed E-state index contributed by atoms with van der Waals surface area (Å²) < 4.78 is 55.8. The van der Waals surface area contributed by atoms with Gasteiger partial charge >= 0.3 is 5.66 Å². The first-order valence-electron chi connectivity index (χ1n) is 9.87. The number of halogens is 4. The summed E-state index contributed by atoms with van der Waals surface area (Å²) in [6.07, 6.45) is 3.29. The van der Waals surface area contributed by atoms with Gasteiger partial charge in [-0.15, -0.1) is 0 Å². The number of nitrogens with zero attached hydrogens (tertiary/aromatic N) is 6. The Morgan fingerprint density at radius 1 is 1.06 bits per heavy atom. The average molecular weight is 450 g/mol. The highest BCUT2D eigenvalue weighted by Crippen LogP contribution is 2.45. The predicted molar refractivity (Wildman–Crippen MR) is 112 cm³/mol. The highest BCUT2D eigenvalue weighted by atomic mass is 31.0. The Kier molecular flexibility index (Phi) is 4.73. The number of alkyl halides is 4. The Labute approximate surface area is 177 Å². The number of rotatable bonds is 4. The summed E-state index contributed by atoms with van der Waals surface area (Å²) >= 11 is 0. The summed E-state index contributed by atoms with van der Waals surface area (Å²) in [5.41, 5.74) is -2.67. The van der Waals surface area contributed by atoms with Crippen LogP contribution in [-0.4, -0.2) is 45.5 Å². The molecule has 2 aliphatic heterocycles. The zero-order chi connectivity index (χ0) is 21.8. The lowest BCUT2D eigenvalue weighted by Crippen LogP contribution is -2.43. The van der Waals surface area contributed by atoms with Crippen LogP contribution in [0.5, 0.6) is 0 Å². The molecule has 0 spiro atoms. The van der Waals surface area contributed by atoms with Crippen molar-refractivity contribution in [1.82, 2.24) is 19.9 Å². The summed E-state index contributed by atoms with van der Waals surface area (Å²) in [6.45, 7) is 0.262. The molecule has 3 aromatic rings. The van der Waals surface area contributed by atoms with E-state index in [1.54, 1.807) is 30.5 Å². The average Bonchev–Trinajstić information content (AvgIpc) is 3.06. The molecule has 11 heteroatoms. The summed E-state index contributed by atoms with van der Waals surface area (Å²) in [5.74, 6) is -2.12. The van der Waals surface area contributed by atoms with Gasteiger partial charge in [0.1, 0.15) is 11.5 Å². The van der Waals surface area contributed by atoms with Gasteiger partial charge in [-0.05, 0) is 24.6 Å². The molecule has 31 heavy (non-hydrogen) atoms. The smallest absolute Gasteiger partial charge is 0.300 e. The summed E-state index contributed by atoms with van der Waals surface area (Å²) in [7, 11) is 1.53. The van der Waals surface area contributed by atoms with E-state index in [2.05, 4.69) is 19.9 Å². The molecule has 0 N–H and O–H groups in total. The van der Waals surface area contributed by atoms with Crippen LogP contribution < -0.4 is 9.80 Å². The van der Waals surface area contributed by atoms with Crippen LogP contribution in [0.4, 0.5) is 29.3 Å². The van der Waals surface area contributed by atoms with Crippen molar-refractivity contribution in [2.45, 2.75) is 30.5 Å². The molecule has 2 fully saturated rings. The molecular formula is C20H19F4N6P. The number of fused-ring (bicyclic) bond motifs is 1. The maximum absolute atomic E-state index is 14.1. The van der Waals surface area contributed by atoms with Crippen molar-refractivity contribution in [1.29, 1.82) is 0 Å². The molecule has 2 aliphatic rings. The molecule has 0 amide bonds. The topological polar surface area (TPSA) is 58.0 Å². The van der Waals surface area contributed by atoms with Crippen LogP contribution in [0, 0.1) is 0 Å². The zero-order valence-corrected chi connectivity index (χ0v) is 17.5. The Morgan fingerprint density at radius 3 is 2.52 bits per heavy atom. The van der Waals surface area contributed by atoms with Gasteiger partial charge < -0.3 is 9.80 Å². The first kappa shape index (κ1) is 20.3. The number of anilines is 2. The van der Waals surface area contributed by atoms with E-state index in [-0.39, 0.29) is 30.6 Å². The van der Waals surface area contributed by atoms with Crippen LogP contribution in [0.1, 0.15) is 30.1 Å². The van der Waals surface area contributed by atoms with E-state index in [0.29, 0.717) is 35.4 Å². The van der Waals surface area contributed by atoms with E-state index in [1.807, 2.05) is 4.90 Å². The van der Waals surface area contributed by atoms with Crippen LogP contribution in [0.25, 0.3) is 11.0 Å². The van der Waals surface area contributed by atoms with Gasteiger partial charge in [-0.3, -0.25) is 4.98 Å². The molecule has 3 aromatic heterocycles. The van der Waals surface area contributed by atoms with Gasteiger partial charge in [0.15, 0.2) is 5.65 Å². The Hall–Kier alpha value is -2.61. The third-order valence-corrected chi connectivity index (χ3v) is 5.97. The van der Waals surface area contributed by atoms with Crippen molar-refractivity contribution in [3.05, 3.63) is 47.9 Å². The number of hydrogen-bond acceptors (Lipinski definition) is 6. The number of aromatic nitrogens is 4. The fourth-order valence-corrected chi connectivity index (χ4v) is 4.37. The third-order valence-electron chi connectivity index (χ3n) is 5.70. The van der Waals surface area contributed by atoms with Crippen LogP contribution >= 0.6 is 9.24 Å². The maximum atomic E-state index is 14.1. The summed E-state index contributed by atoms with van der Waals surface area (Å²) in [5, 5.41) is 0.644. The van der Waals surface area contributed by atoms with Gasteiger partial charge in [0.2, 0.25) is 5.95 Å². The van der Waals surface area contributed by atoms with Gasteiger partial charge in [-0.1, -0.05) is 15.3 Å². The normalized spacial score (nSPS) is 20.9. The SMILES string of the molecule is FC1(F)CCN(c2nc(N3CCC3c3cccnc3C(F)(F)P)c3cccnc3n2)C1. The fourth-order valence-electron chi connectivity index (χ4n) is 4.13. The lowest BCUT2D eigenvalue weighted by molar-refractivity contribution is 0.0256. The zero-order valence-electron chi connectivity index (χ0n) is 16.3. The van der Waals surface area contributed by atoms with E-state index in [0.717, 1.165) is 0 Å². The fraction of sp³-hybridized carbons (Fsp3) is 0.400. The Morgan fingerprint density at radius 2 is 1.84 bits per heavy atom. The quantitative estimate of drug-likeness (QED) is 0.440. The Balaban J connectivity index is 1.58. The van der Waals surface area contributed by atoms with E-state index < -0.39 is 18.1 Å². The van der Waals surface area contributed by atoms with E-state index in [9.17, 15) is 17.6 Å². The van der Waals surface area contributed by atoms with Crippen LogP contribution in [0.15, 0.2) is 36.7 Å². The van der Waals surface area contributed by atoms with Gasteiger partial charge in [0.25, 0.3) is 5.92 Å². The Bertz CT molecular complexity index is 1140. The first-order chi connectivity index (χ1) is 14.7. The second-order valence-electron chi connectivity index (χ2n) is 7.81. The summed E-state index contributed by atoms with van der Waals surface area (Å²) in [4.78, 5) is 20.5. The predicted octanol–water partition coefficient (Wildman–Crippen LogP) is 4.14. The largest absolute Gasteiger partial charge is 0.349 e. The van der Waals surface area contributed by atoms with Crippen molar-refractivity contribution >= 4 is 32.0 Å². The molecule has 0 aliphatic carbocycles. The molecular weight excluding hydrogens is 431 g/mol. The molecule has 0 aromatic carbocycles. The van der Waals surface area contributed by atoms with Crippen LogP contribution in [-0.2, 0) is 5.66 Å². The highest BCUT2D eigenvalue weighted by molar-refractivity contribution is 7.17. The van der Waals surface area contributed by atoms with Gasteiger partial charge in [0, 0.05) is 37.5 Å². The molecule has 5 heterocycles. The van der Waals surface area contributed by atoms with Gasteiger partial charge in [-0.2, -0.15) is 18.7 Å². The lowest BCUT2D eigenvalue weighted by Gasteiger charge is -2.43. The second-order valence-corrected chi connectivity index (χ2v) is 8.54. The van der Waals surface area contributed by atoms with Crippen molar-refractivity contribution in [3.63, 3.8) is 0 Å². The van der Waals surface area contributed by atoms with Crippen molar-refractivity contribution < 1.29 is 17.6 Å². The van der Waals surface area contributed by atoms with Crippen LogP contribution in [0.3, 0.4) is 0 Å². The first-order valence-corrected chi connectivity index (χ1v) is 10.4. The summed E-state index contributed by atoms with van der Waals surface area (Å²) in [6, 6.07) is 6.44. The molecule has 6 nitrogen and oxygen atoms in total. The molecule has 162 valence electrons. The monoisotopic (exact) mass is 450 g/mol. The van der Waals surface area contributed by atoms with E-state index in [4.69, 9.17) is 0 Å². The maximum Gasteiger partial charge on any atom is 0.300 e. The lowest BCUT2D eigenvalue weighted by atomic mass is 9.93. The van der Waals surface area contributed by atoms with Crippen LogP contribution in [0.2, 0.25) is 0 Å². The third kappa shape index (κ3) is 3.67. The van der Waals surface area contributed by atoms with E-state index >= 15 is 0 Å². The highest BCUT2D eigenvalue weighted by Gasteiger charge is 2.41. The number of pyridine rings is 2. The number of hydrogen-bond donors (Lipinski definition) is 0. The minimum atomic E-state index is -3.17. The molecule has 5 rings (SSSR count). The van der Waals surface area contributed by atoms with Crippen molar-refractivity contribution in [3.8, 4) is 0 Å². The molecule has 2 unspecified atom stereocenters.